The molecule has 0 aromatic rings. The molecule has 1 amide bonds. The van der Waals surface area contributed by atoms with Crippen molar-refractivity contribution in [3.05, 3.63) is 0 Å². The molecule has 17 heavy (non-hydrogen) atoms. The van der Waals surface area contributed by atoms with Crippen LogP contribution in [0.25, 0.3) is 0 Å². The van der Waals surface area contributed by atoms with E-state index >= 15 is 0 Å². The van der Waals surface area contributed by atoms with Crippen molar-refractivity contribution < 1.29 is 9.53 Å². The summed E-state index contributed by atoms with van der Waals surface area (Å²) in [5, 5.41) is 3.38. The number of nitrogens with one attached hydrogen (secondary N) is 1. The van der Waals surface area contributed by atoms with Gasteiger partial charge in [0.2, 0.25) is 5.91 Å². The maximum atomic E-state index is 12.2. The lowest BCUT2D eigenvalue weighted by Gasteiger charge is -2.35. The lowest BCUT2D eigenvalue weighted by atomic mass is 10.1. The molecule has 100 valence electrons. The van der Waals surface area contributed by atoms with Crippen molar-refractivity contribution in [2.45, 2.75) is 44.7 Å². The van der Waals surface area contributed by atoms with E-state index in [0.717, 1.165) is 25.9 Å². The lowest BCUT2D eigenvalue weighted by molar-refractivity contribution is -0.140. The van der Waals surface area contributed by atoms with Crippen LogP contribution in [0.2, 0.25) is 0 Å². The summed E-state index contributed by atoms with van der Waals surface area (Å²) >= 11 is 0. The molecule has 2 heterocycles. The molecule has 0 saturated carbocycles. The Balaban J connectivity index is 0.00000144. The molecule has 2 fully saturated rings. The first-order valence-corrected chi connectivity index (χ1v) is 6.42. The SMILES string of the molecule is CCC1COCCN1C(=O)CC1CCCN1.Cl. The van der Waals surface area contributed by atoms with E-state index in [-0.39, 0.29) is 12.4 Å². The number of hydrogen-bond donors (Lipinski definition) is 1. The zero-order chi connectivity index (χ0) is 11.4. The first kappa shape index (κ1) is 14.7. The van der Waals surface area contributed by atoms with Crippen molar-refractivity contribution >= 4 is 18.3 Å². The van der Waals surface area contributed by atoms with Crippen LogP contribution in [-0.2, 0) is 9.53 Å². The molecular weight excluding hydrogens is 240 g/mol. The number of ether oxygens (including phenoxy) is 1. The Kier molecular flexibility index (Phi) is 6.23. The molecule has 1 N–H and O–H groups in total. The first-order chi connectivity index (χ1) is 7.81. The minimum absolute atomic E-state index is 0. The molecule has 0 aromatic heterocycles. The summed E-state index contributed by atoms with van der Waals surface area (Å²) in [5.41, 5.74) is 0. The molecule has 2 aliphatic heterocycles. The van der Waals surface area contributed by atoms with Gasteiger partial charge in [-0.25, -0.2) is 0 Å². The van der Waals surface area contributed by atoms with Crippen molar-refractivity contribution in [2.24, 2.45) is 0 Å². The van der Waals surface area contributed by atoms with Crippen molar-refractivity contribution in [1.82, 2.24) is 10.2 Å². The monoisotopic (exact) mass is 262 g/mol. The number of amides is 1. The number of rotatable bonds is 3. The topological polar surface area (TPSA) is 41.6 Å². The first-order valence-electron chi connectivity index (χ1n) is 6.42. The Morgan fingerprint density at radius 1 is 1.53 bits per heavy atom. The lowest BCUT2D eigenvalue weighted by Crippen LogP contribution is -2.49. The van der Waals surface area contributed by atoms with Gasteiger partial charge >= 0.3 is 0 Å². The molecule has 0 aliphatic carbocycles. The fraction of sp³-hybridized carbons (Fsp3) is 0.917. The maximum absolute atomic E-state index is 12.2. The Labute approximate surface area is 109 Å². The standard InChI is InChI=1S/C12H22N2O2.ClH/c1-2-11-9-16-7-6-14(11)12(15)8-10-4-3-5-13-10;/h10-11,13H,2-9H2,1H3;1H. The van der Waals surface area contributed by atoms with Crippen LogP contribution in [0.5, 0.6) is 0 Å². The molecule has 2 unspecified atom stereocenters. The van der Waals surface area contributed by atoms with Gasteiger partial charge in [0.15, 0.2) is 0 Å². The van der Waals surface area contributed by atoms with Crippen LogP contribution in [0.15, 0.2) is 0 Å². The van der Waals surface area contributed by atoms with Gasteiger partial charge in [0, 0.05) is 19.0 Å². The minimum Gasteiger partial charge on any atom is -0.377 e. The van der Waals surface area contributed by atoms with E-state index < -0.39 is 0 Å². The number of morpholine rings is 1. The fourth-order valence-electron chi connectivity index (χ4n) is 2.58. The van der Waals surface area contributed by atoms with Crippen molar-refractivity contribution in [1.29, 1.82) is 0 Å². The molecule has 5 heteroatoms. The highest BCUT2D eigenvalue weighted by molar-refractivity contribution is 5.85. The predicted octanol–water partition coefficient (Wildman–Crippen LogP) is 1.19. The van der Waals surface area contributed by atoms with Crippen LogP contribution in [0.3, 0.4) is 0 Å². The Morgan fingerprint density at radius 2 is 2.35 bits per heavy atom. The molecule has 0 spiro atoms. The van der Waals surface area contributed by atoms with Crippen LogP contribution in [0.1, 0.15) is 32.6 Å². The molecule has 0 aromatic carbocycles. The van der Waals surface area contributed by atoms with Gasteiger partial charge in [0.05, 0.1) is 19.3 Å². The molecule has 2 aliphatic rings. The van der Waals surface area contributed by atoms with E-state index in [1.54, 1.807) is 0 Å². The highest BCUT2D eigenvalue weighted by atomic mass is 35.5. The van der Waals surface area contributed by atoms with E-state index in [2.05, 4.69) is 12.2 Å². The maximum Gasteiger partial charge on any atom is 0.224 e. The number of carbonyl (C=O) groups is 1. The number of carbonyl (C=O) groups excluding carboxylic acids is 1. The average molecular weight is 263 g/mol. The Morgan fingerprint density at radius 3 is 3.00 bits per heavy atom. The summed E-state index contributed by atoms with van der Waals surface area (Å²) in [6, 6.07) is 0.704. The third kappa shape index (κ3) is 3.83. The highest BCUT2D eigenvalue weighted by Gasteiger charge is 2.28. The van der Waals surface area contributed by atoms with Crippen LogP contribution in [-0.4, -0.2) is 49.2 Å². The summed E-state index contributed by atoms with van der Waals surface area (Å²) in [4.78, 5) is 14.2. The minimum atomic E-state index is 0. The normalized spacial score (nSPS) is 28.9. The molecule has 0 bridgehead atoms. The molecule has 2 saturated heterocycles. The van der Waals surface area contributed by atoms with Crippen molar-refractivity contribution in [3.8, 4) is 0 Å². The summed E-state index contributed by atoms with van der Waals surface area (Å²) in [6.07, 6.45) is 4.01. The largest absolute Gasteiger partial charge is 0.377 e. The van der Waals surface area contributed by atoms with Gasteiger partial charge in [-0.05, 0) is 25.8 Å². The van der Waals surface area contributed by atoms with Crippen LogP contribution >= 0.6 is 12.4 Å². The fourth-order valence-corrected chi connectivity index (χ4v) is 2.58. The number of hydrogen-bond acceptors (Lipinski definition) is 3. The second kappa shape index (κ2) is 7.19. The van der Waals surface area contributed by atoms with E-state index in [0.29, 0.717) is 37.6 Å². The predicted molar refractivity (Wildman–Crippen MR) is 69.5 cm³/mol. The highest BCUT2D eigenvalue weighted by Crippen LogP contribution is 2.15. The second-order valence-corrected chi connectivity index (χ2v) is 4.72. The quantitative estimate of drug-likeness (QED) is 0.831. The van der Waals surface area contributed by atoms with Crippen molar-refractivity contribution in [2.75, 3.05) is 26.3 Å². The molecular formula is C12H23ClN2O2. The van der Waals surface area contributed by atoms with E-state index in [1.807, 2.05) is 4.90 Å². The third-order valence-corrected chi connectivity index (χ3v) is 3.60. The van der Waals surface area contributed by atoms with Gasteiger partial charge in [-0.3, -0.25) is 4.79 Å². The summed E-state index contributed by atoms with van der Waals surface area (Å²) < 4.78 is 5.41. The van der Waals surface area contributed by atoms with Gasteiger partial charge < -0.3 is 15.0 Å². The van der Waals surface area contributed by atoms with Crippen LogP contribution in [0.4, 0.5) is 0 Å². The molecule has 0 radical (unpaired) electrons. The van der Waals surface area contributed by atoms with Gasteiger partial charge in [-0.15, -0.1) is 12.4 Å². The van der Waals surface area contributed by atoms with E-state index in [9.17, 15) is 4.79 Å². The van der Waals surface area contributed by atoms with E-state index in [4.69, 9.17) is 4.74 Å². The Bertz CT molecular complexity index is 245. The molecule has 2 rings (SSSR count). The van der Waals surface area contributed by atoms with Crippen molar-refractivity contribution in [3.63, 3.8) is 0 Å². The van der Waals surface area contributed by atoms with Crippen LogP contribution < -0.4 is 5.32 Å². The number of nitrogens with zero attached hydrogens (tertiary/aromatic N) is 1. The van der Waals surface area contributed by atoms with Gasteiger partial charge in [-0.1, -0.05) is 6.92 Å². The average Bonchev–Trinajstić information content (AvgIpc) is 2.81. The third-order valence-electron chi connectivity index (χ3n) is 3.60. The number of halogens is 1. The zero-order valence-corrected chi connectivity index (χ0v) is 11.3. The van der Waals surface area contributed by atoms with Gasteiger partial charge in [0.1, 0.15) is 0 Å². The smallest absolute Gasteiger partial charge is 0.224 e. The summed E-state index contributed by atoms with van der Waals surface area (Å²) in [5.74, 6) is 0.301. The summed E-state index contributed by atoms with van der Waals surface area (Å²) in [7, 11) is 0. The summed E-state index contributed by atoms with van der Waals surface area (Å²) in [6.45, 7) is 5.36. The van der Waals surface area contributed by atoms with Crippen LogP contribution in [0, 0.1) is 0 Å². The molecule has 2 atom stereocenters. The van der Waals surface area contributed by atoms with Gasteiger partial charge in [0.25, 0.3) is 0 Å². The van der Waals surface area contributed by atoms with Gasteiger partial charge in [-0.2, -0.15) is 0 Å². The van der Waals surface area contributed by atoms with E-state index in [1.165, 1.54) is 6.42 Å². The Hall–Kier alpha value is -0.320. The second-order valence-electron chi connectivity index (χ2n) is 4.72. The zero-order valence-electron chi connectivity index (χ0n) is 10.5. The molecule has 4 nitrogen and oxygen atoms in total.